The van der Waals surface area contributed by atoms with E-state index in [0.717, 1.165) is 5.69 Å². The fourth-order valence-corrected chi connectivity index (χ4v) is 2.00. The van der Waals surface area contributed by atoms with Gasteiger partial charge in [0.25, 0.3) is 0 Å². The van der Waals surface area contributed by atoms with Gasteiger partial charge in [0.15, 0.2) is 0 Å². The number of benzene rings is 1. The lowest BCUT2D eigenvalue weighted by molar-refractivity contribution is 0.234. The molecule has 1 aromatic rings. The lowest BCUT2D eigenvalue weighted by Crippen LogP contribution is -2.34. The van der Waals surface area contributed by atoms with Gasteiger partial charge in [-0.15, -0.1) is 0 Å². The van der Waals surface area contributed by atoms with Crippen molar-refractivity contribution in [3.05, 3.63) is 24.3 Å². The molecule has 0 amide bonds. The fourth-order valence-electron chi connectivity index (χ4n) is 1.27. The molecule has 96 valence electrons. The van der Waals surface area contributed by atoms with Gasteiger partial charge in [-0.2, -0.15) is 0 Å². The first-order valence-corrected chi connectivity index (χ1v) is 6.72. The highest BCUT2D eigenvalue weighted by Crippen LogP contribution is 2.17. The third-order valence-electron chi connectivity index (χ3n) is 2.31. The Kier molecular flexibility index (Phi) is 4.13. The molecule has 0 heterocycles. The Bertz CT molecular complexity index is 466. The van der Waals surface area contributed by atoms with E-state index in [1.807, 2.05) is 13.8 Å². The number of rotatable bonds is 5. The molecular weight excluding hydrogens is 240 g/mol. The van der Waals surface area contributed by atoms with Crippen LogP contribution in [-0.4, -0.2) is 32.7 Å². The van der Waals surface area contributed by atoms with Crippen LogP contribution in [0.15, 0.2) is 29.2 Å². The number of sulfonamides is 1. The molecule has 0 saturated carbocycles. The number of aliphatic hydroxyl groups is 1. The summed E-state index contributed by atoms with van der Waals surface area (Å²) in [5.74, 6) is 0. The van der Waals surface area contributed by atoms with Gasteiger partial charge >= 0.3 is 0 Å². The van der Waals surface area contributed by atoms with Crippen molar-refractivity contribution in [3.8, 4) is 0 Å². The van der Waals surface area contributed by atoms with E-state index >= 15 is 0 Å². The van der Waals surface area contributed by atoms with Crippen molar-refractivity contribution in [2.75, 3.05) is 19.0 Å². The Balaban J connectivity index is 2.90. The highest BCUT2D eigenvalue weighted by atomic mass is 32.2. The molecule has 17 heavy (non-hydrogen) atoms. The summed E-state index contributed by atoms with van der Waals surface area (Å²) in [5.41, 5.74) is 0.322. The van der Waals surface area contributed by atoms with Crippen molar-refractivity contribution in [3.63, 3.8) is 0 Å². The normalized spacial score (nSPS) is 12.5. The largest absolute Gasteiger partial charge is 0.394 e. The van der Waals surface area contributed by atoms with Crippen LogP contribution >= 0.6 is 0 Å². The van der Waals surface area contributed by atoms with Gasteiger partial charge in [0.2, 0.25) is 10.0 Å². The Labute approximate surface area is 102 Å². The van der Waals surface area contributed by atoms with E-state index in [0.29, 0.717) is 0 Å². The molecule has 0 atom stereocenters. The quantitative estimate of drug-likeness (QED) is 0.729. The minimum absolute atomic E-state index is 0.0104. The molecule has 0 spiro atoms. The molecule has 0 unspecified atom stereocenters. The van der Waals surface area contributed by atoms with Crippen LogP contribution in [0.2, 0.25) is 0 Å². The summed E-state index contributed by atoms with van der Waals surface area (Å²) in [5, 5.41) is 12.2. The van der Waals surface area contributed by atoms with Gasteiger partial charge in [0, 0.05) is 5.69 Å². The molecule has 0 saturated heterocycles. The van der Waals surface area contributed by atoms with Crippen LogP contribution in [0.25, 0.3) is 0 Å². The second kappa shape index (κ2) is 5.03. The summed E-state index contributed by atoms with van der Waals surface area (Å²) in [7, 11) is -2.02. The molecule has 1 aromatic carbocycles. The maximum absolute atomic E-state index is 11.5. The summed E-state index contributed by atoms with van der Waals surface area (Å²) >= 11 is 0. The van der Waals surface area contributed by atoms with Gasteiger partial charge in [0.05, 0.1) is 17.0 Å². The Morgan fingerprint density at radius 2 is 1.76 bits per heavy atom. The number of hydrogen-bond donors (Lipinski definition) is 3. The van der Waals surface area contributed by atoms with E-state index in [9.17, 15) is 8.42 Å². The predicted octanol–water partition coefficient (Wildman–Crippen LogP) is 0.777. The molecule has 0 fully saturated rings. The average molecular weight is 258 g/mol. The fraction of sp³-hybridized carbons (Fsp3) is 0.455. The van der Waals surface area contributed by atoms with Crippen LogP contribution in [0.1, 0.15) is 13.8 Å². The SMILES string of the molecule is CNS(=O)(=O)c1ccc(NC(C)(C)CO)cc1. The molecule has 0 aliphatic carbocycles. The Morgan fingerprint density at radius 3 is 2.18 bits per heavy atom. The lowest BCUT2D eigenvalue weighted by atomic mass is 10.1. The topological polar surface area (TPSA) is 78.4 Å². The lowest BCUT2D eigenvalue weighted by Gasteiger charge is -2.24. The highest BCUT2D eigenvalue weighted by Gasteiger charge is 2.16. The van der Waals surface area contributed by atoms with Crippen molar-refractivity contribution >= 4 is 15.7 Å². The van der Waals surface area contributed by atoms with E-state index < -0.39 is 15.6 Å². The van der Waals surface area contributed by atoms with Crippen LogP contribution < -0.4 is 10.0 Å². The van der Waals surface area contributed by atoms with Crippen LogP contribution in [0.3, 0.4) is 0 Å². The monoisotopic (exact) mass is 258 g/mol. The van der Waals surface area contributed by atoms with Crippen molar-refractivity contribution in [2.24, 2.45) is 0 Å². The number of anilines is 1. The second-order valence-electron chi connectivity index (χ2n) is 4.40. The van der Waals surface area contributed by atoms with Crippen LogP contribution in [-0.2, 0) is 10.0 Å². The molecule has 0 radical (unpaired) electrons. The predicted molar refractivity (Wildman–Crippen MR) is 67.5 cm³/mol. The van der Waals surface area contributed by atoms with Gasteiger partial charge < -0.3 is 10.4 Å². The second-order valence-corrected chi connectivity index (χ2v) is 6.29. The Hall–Kier alpha value is -1.11. The molecule has 5 nitrogen and oxygen atoms in total. The van der Waals surface area contributed by atoms with E-state index in [2.05, 4.69) is 10.0 Å². The molecule has 0 aliphatic rings. The zero-order chi connectivity index (χ0) is 13.1. The smallest absolute Gasteiger partial charge is 0.240 e. The minimum Gasteiger partial charge on any atom is -0.394 e. The minimum atomic E-state index is -3.39. The van der Waals surface area contributed by atoms with E-state index in [4.69, 9.17) is 5.11 Å². The molecule has 1 rings (SSSR count). The summed E-state index contributed by atoms with van der Waals surface area (Å²) in [6, 6.07) is 6.37. The van der Waals surface area contributed by atoms with Gasteiger partial charge in [-0.05, 0) is 45.2 Å². The first kappa shape index (κ1) is 14.0. The summed E-state index contributed by atoms with van der Waals surface area (Å²) in [4.78, 5) is 0.215. The average Bonchev–Trinajstić information content (AvgIpc) is 2.29. The van der Waals surface area contributed by atoms with Gasteiger partial charge in [0.1, 0.15) is 0 Å². The summed E-state index contributed by atoms with van der Waals surface area (Å²) < 4.78 is 25.2. The molecule has 0 bridgehead atoms. The van der Waals surface area contributed by atoms with Crippen molar-refractivity contribution in [2.45, 2.75) is 24.3 Å². The number of nitrogens with one attached hydrogen (secondary N) is 2. The maximum Gasteiger partial charge on any atom is 0.240 e. The van der Waals surface area contributed by atoms with Crippen molar-refractivity contribution in [1.82, 2.24) is 4.72 Å². The number of hydrogen-bond acceptors (Lipinski definition) is 4. The van der Waals surface area contributed by atoms with Crippen molar-refractivity contribution in [1.29, 1.82) is 0 Å². The highest BCUT2D eigenvalue weighted by molar-refractivity contribution is 7.89. The molecule has 0 aliphatic heterocycles. The van der Waals surface area contributed by atoms with E-state index in [1.165, 1.54) is 19.2 Å². The van der Waals surface area contributed by atoms with E-state index in [-0.39, 0.29) is 11.5 Å². The van der Waals surface area contributed by atoms with Crippen molar-refractivity contribution < 1.29 is 13.5 Å². The molecule has 6 heteroatoms. The van der Waals surface area contributed by atoms with Gasteiger partial charge in [-0.25, -0.2) is 13.1 Å². The standard InChI is InChI=1S/C11H18N2O3S/c1-11(2,8-14)13-9-4-6-10(7-5-9)17(15,16)12-3/h4-7,12-14H,8H2,1-3H3. The van der Waals surface area contributed by atoms with Crippen LogP contribution in [0.5, 0.6) is 0 Å². The maximum atomic E-state index is 11.5. The zero-order valence-electron chi connectivity index (χ0n) is 10.2. The van der Waals surface area contributed by atoms with E-state index in [1.54, 1.807) is 12.1 Å². The third-order valence-corrected chi connectivity index (χ3v) is 3.74. The summed E-state index contributed by atoms with van der Waals surface area (Å²) in [6.45, 7) is 3.69. The first-order chi connectivity index (χ1) is 7.80. The van der Waals surface area contributed by atoms with Gasteiger partial charge in [-0.3, -0.25) is 0 Å². The third kappa shape index (κ3) is 3.69. The molecular formula is C11H18N2O3S. The first-order valence-electron chi connectivity index (χ1n) is 5.23. The van der Waals surface area contributed by atoms with Crippen LogP contribution in [0, 0.1) is 0 Å². The van der Waals surface area contributed by atoms with Crippen LogP contribution in [0.4, 0.5) is 5.69 Å². The van der Waals surface area contributed by atoms with Gasteiger partial charge in [-0.1, -0.05) is 0 Å². The summed E-state index contributed by atoms with van der Waals surface area (Å²) in [6.07, 6.45) is 0. The number of aliphatic hydroxyl groups excluding tert-OH is 1. The molecule has 0 aromatic heterocycles. The Morgan fingerprint density at radius 1 is 1.24 bits per heavy atom. The zero-order valence-corrected chi connectivity index (χ0v) is 11.0. The molecule has 3 N–H and O–H groups in total.